The summed E-state index contributed by atoms with van der Waals surface area (Å²) in [5, 5.41) is 8.26. The van der Waals surface area contributed by atoms with Crippen LogP contribution in [-0.2, 0) is 18.9 Å². The van der Waals surface area contributed by atoms with Crippen LogP contribution in [0.5, 0.6) is 0 Å². The second kappa shape index (κ2) is 10.2. The lowest BCUT2D eigenvalue weighted by atomic mass is 9.41. The Hall–Kier alpha value is -3.48. The molecule has 0 unspecified atom stereocenters. The van der Waals surface area contributed by atoms with Crippen LogP contribution >= 0.6 is 0 Å². The number of nitriles is 1. The van der Waals surface area contributed by atoms with Gasteiger partial charge in [0, 0.05) is 11.9 Å². The zero-order chi connectivity index (χ0) is 23.9. The van der Waals surface area contributed by atoms with E-state index >= 15 is 0 Å². The van der Waals surface area contributed by atoms with Crippen molar-refractivity contribution >= 4 is 17.6 Å². The molecule has 0 fully saturated rings. The molecule has 0 bridgehead atoms. The minimum atomic E-state index is -4.52. The second-order valence-corrected chi connectivity index (χ2v) is 6.78. The lowest BCUT2D eigenvalue weighted by molar-refractivity contribution is -0.138. The average Bonchev–Trinajstić information content (AvgIpc) is 3.13. The van der Waals surface area contributed by atoms with Gasteiger partial charge in [0.1, 0.15) is 6.54 Å². The van der Waals surface area contributed by atoms with E-state index < -0.39 is 30.2 Å². The van der Waals surface area contributed by atoms with Gasteiger partial charge >= 0.3 is 12.4 Å². The lowest BCUT2D eigenvalue weighted by Crippen LogP contribution is -2.41. The van der Waals surface area contributed by atoms with Gasteiger partial charge in [-0.05, 0) is 6.92 Å². The number of aromatic nitrogens is 2. The van der Waals surface area contributed by atoms with Crippen LogP contribution in [0.15, 0.2) is 73.6 Å². The van der Waals surface area contributed by atoms with Crippen LogP contribution in [0.1, 0.15) is 16.8 Å². The van der Waals surface area contributed by atoms with Gasteiger partial charge in [0.25, 0.3) is 0 Å². The van der Waals surface area contributed by atoms with Gasteiger partial charge < -0.3 is 4.57 Å². The summed E-state index contributed by atoms with van der Waals surface area (Å²) in [4.78, 5) is 3.85. The summed E-state index contributed by atoms with van der Waals surface area (Å²) in [5.74, 6) is 1.32. The van der Waals surface area contributed by atoms with Crippen molar-refractivity contribution in [2.45, 2.75) is 25.8 Å². The molecule has 0 saturated heterocycles. The highest BCUT2D eigenvalue weighted by Gasteiger charge is 2.33. The molecular formula is C22H18BF6N3. The maximum atomic E-state index is 12.8. The van der Waals surface area contributed by atoms with Crippen molar-refractivity contribution in [3.05, 3.63) is 90.4 Å². The van der Waals surface area contributed by atoms with Crippen molar-refractivity contribution < 1.29 is 26.3 Å². The maximum absolute atomic E-state index is 12.8. The van der Waals surface area contributed by atoms with E-state index in [1.807, 2.05) is 13.0 Å². The minimum Gasteiger partial charge on any atom is -0.321 e. The summed E-state index contributed by atoms with van der Waals surface area (Å²) in [6.45, 7) is 5.09. The first-order valence-corrected chi connectivity index (χ1v) is 9.28. The van der Waals surface area contributed by atoms with Gasteiger partial charge in [0.05, 0.1) is 23.5 Å². The van der Waals surface area contributed by atoms with Gasteiger partial charge in [-0.3, -0.25) is 0 Å². The Balaban J connectivity index is 0.000000336. The Kier molecular flexibility index (Phi) is 7.92. The van der Waals surface area contributed by atoms with Crippen molar-refractivity contribution in [1.29, 1.82) is 5.26 Å². The lowest BCUT2D eigenvalue weighted by Gasteiger charge is -2.15. The molecule has 166 valence electrons. The molecule has 0 aliphatic rings. The molecule has 0 saturated carbocycles. The van der Waals surface area contributed by atoms with Crippen LogP contribution < -0.4 is 10.9 Å². The molecule has 3 rings (SSSR count). The monoisotopic (exact) mass is 449 g/mol. The molecule has 1 heterocycles. The number of benzene rings is 2. The van der Waals surface area contributed by atoms with Crippen LogP contribution in [0.3, 0.4) is 0 Å². The first-order chi connectivity index (χ1) is 15.0. The Labute approximate surface area is 181 Å². The van der Waals surface area contributed by atoms with Gasteiger partial charge in [-0.15, -0.1) is 12.6 Å². The fourth-order valence-electron chi connectivity index (χ4n) is 2.91. The molecule has 0 N–H and O–H groups in total. The fourth-order valence-corrected chi connectivity index (χ4v) is 2.91. The van der Waals surface area contributed by atoms with E-state index in [1.165, 1.54) is 30.2 Å². The highest BCUT2D eigenvalue weighted by atomic mass is 19.4. The SMILES string of the molecule is C=CB(c1cccc(C(F)(F)F)c1)c1cccc(C(F)(F)F)c1.Cc1cncn1CC#N. The van der Waals surface area contributed by atoms with Crippen LogP contribution in [0.2, 0.25) is 0 Å². The largest absolute Gasteiger partial charge is 0.416 e. The van der Waals surface area contributed by atoms with Crippen LogP contribution in [-0.4, -0.2) is 16.3 Å². The van der Waals surface area contributed by atoms with Crippen LogP contribution in [0.25, 0.3) is 0 Å². The smallest absolute Gasteiger partial charge is 0.321 e. The molecule has 3 nitrogen and oxygen atoms in total. The van der Waals surface area contributed by atoms with Crippen molar-refractivity contribution in [3.63, 3.8) is 0 Å². The highest BCUT2D eigenvalue weighted by Crippen LogP contribution is 2.29. The summed E-state index contributed by atoms with van der Waals surface area (Å²) in [6, 6.07) is 11.0. The predicted molar refractivity (Wildman–Crippen MR) is 111 cm³/mol. The number of imidazole rings is 1. The summed E-state index contributed by atoms with van der Waals surface area (Å²) in [7, 11) is 0. The molecule has 0 aliphatic heterocycles. The molecule has 0 amide bonds. The summed E-state index contributed by atoms with van der Waals surface area (Å²) >= 11 is 0. The zero-order valence-corrected chi connectivity index (χ0v) is 17.0. The van der Waals surface area contributed by atoms with E-state index in [1.54, 1.807) is 17.1 Å². The quantitative estimate of drug-likeness (QED) is 0.426. The number of nitrogens with zero attached hydrogens (tertiary/aromatic N) is 3. The Morgan fingerprint density at radius 2 is 1.50 bits per heavy atom. The first-order valence-electron chi connectivity index (χ1n) is 9.28. The molecule has 0 radical (unpaired) electrons. The van der Waals surface area contributed by atoms with Crippen molar-refractivity contribution in [1.82, 2.24) is 9.55 Å². The van der Waals surface area contributed by atoms with E-state index in [-0.39, 0.29) is 10.9 Å². The van der Waals surface area contributed by atoms with Crippen molar-refractivity contribution in [2.75, 3.05) is 0 Å². The third kappa shape index (κ3) is 6.51. The average molecular weight is 449 g/mol. The minimum absolute atomic E-state index is 0.231. The second-order valence-electron chi connectivity index (χ2n) is 6.78. The van der Waals surface area contributed by atoms with Gasteiger partial charge in [-0.1, -0.05) is 59.5 Å². The number of rotatable bonds is 4. The van der Waals surface area contributed by atoms with E-state index in [9.17, 15) is 26.3 Å². The molecule has 0 atom stereocenters. The molecule has 0 spiro atoms. The number of hydrogen-bond acceptors (Lipinski definition) is 2. The number of aryl methyl sites for hydroxylation is 1. The summed E-state index contributed by atoms with van der Waals surface area (Å²) < 4.78 is 78.5. The van der Waals surface area contributed by atoms with Gasteiger partial charge in [0.2, 0.25) is 6.71 Å². The van der Waals surface area contributed by atoms with Crippen molar-refractivity contribution in [2.24, 2.45) is 0 Å². The van der Waals surface area contributed by atoms with Gasteiger partial charge in [0.15, 0.2) is 0 Å². The third-order valence-electron chi connectivity index (χ3n) is 4.54. The molecule has 10 heteroatoms. The van der Waals surface area contributed by atoms with E-state index in [4.69, 9.17) is 5.26 Å². The Bertz CT molecular complexity index is 1040. The van der Waals surface area contributed by atoms with Crippen LogP contribution in [0.4, 0.5) is 26.3 Å². The highest BCUT2D eigenvalue weighted by molar-refractivity contribution is 6.89. The Morgan fingerprint density at radius 1 is 1.00 bits per heavy atom. The van der Waals surface area contributed by atoms with Crippen LogP contribution in [0, 0.1) is 18.3 Å². The number of halogens is 6. The van der Waals surface area contributed by atoms with Crippen molar-refractivity contribution in [3.8, 4) is 6.07 Å². The van der Waals surface area contributed by atoms with E-state index in [0.29, 0.717) is 6.54 Å². The topological polar surface area (TPSA) is 41.6 Å². The van der Waals surface area contributed by atoms with E-state index in [0.717, 1.165) is 30.0 Å². The standard InChI is InChI=1S/C16H11BF6.C6H7N3/c1-2-17(13-7-3-5-11(9-13)15(18,19)20)14-8-4-6-12(10-14)16(21,22)23;1-6-4-8-5-9(6)3-2-7/h2-10H,1H2;4-5H,3H2,1H3. The molecule has 2 aromatic carbocycles. The molecule has 32 heavy (non-hydrogen) atoms. The summed E-state index contributed by atoms with van der Waals surface area (Å²) in [5.41, 5.74) is -0.220. The first kappa shape index (κ1) is 24.8. The summed E-state index contributed by atoms with van der Waals surface area (Å²) in [6.07, 6.45) is -5.65. The maximum Gasteiger partial charge on any atom is 0.416 e. The van der Waals surface area contributed by atoms with Gasteiger partial charge in [-0.2, -0.15) is 31.6 Å². The molecule has 0 aliphatic carbocycles. The van der Waals surface area contributed by atoms with E-state index in [2.05, 4.69) is 11.6 Å². The zero-order valence-electron chi connectivity index (χ0n) is 17.0. The normalized spacial score (nSPS) is 11.2. The predicted octanol–water partition coefficient (Wildman–Crippen LogP) is 4.77. The number of alkyl halides is 6. The van der Waals surface area contributed by atoms with Gasteiger partial charge in [-0.25, -0.2) is 4.98 Å². The molecular weight excluding hydrogens is 431 g/mol. The number of hydrogen-bond donors (Lipinski definition) is 0. The third-order valence-corrected chi connectivity index (χ3v) is 4.54. The fraction of sp³-hybridized carbons (Fsp3) is 0.182. The molecule has 1 aromatic heterocycles. The Morgan fingerprint density at radius 3 is 1.84 bits per heavy atom. The molecule has 3 aromatic rings.